The van der Waals surface area contributed by atoms with E-state index in [2.05, 4.69) is 4.98 Å². The summed E-state index contributed by atoms with van der Waals surface area (Å²) >= 11 is 0. The van der Waals surface area contributed by atoms with Crippen LogP contribution in [0.2, 0.25) is 0 Å². The first-order chi connectivity index (χ1) is 6.70. The van der Waals surface area contributed by atoms with Gasteiger partial charge in [0.15, 0.2) is 0 Å². The second kappa shape index (κ2) is 4.93. The number of pyridine rings is 1. The number of hydrogen-bond donors (Lipinski definition) is 1. The van der Waals surface area contributed by atoms with E-state index in [4.69, 9.17) is 9.47 Å². The van der Waals surface area contributed by atoms with Gasteiger partial charge in [0, 0.05) is 13.3 Å². The zero-order valence-electron chi connectivity index (χ0n) is 8.60. The number of methoxy groups -OCH3 is 2. The van der Waals surface area contributed by atoms with Crippen LogP contribution in [0, 0.1) is 0 Å². The lowest BCUT2D eigenvalue weighted by Crippen LogP contribution is -2.18. The van der Waals surface area contributed by atoms with Crippen LogP contribution in [0.3, 0.4) is 0 Å². The summed E-state index contributed by atoms with van der Waals surface area (Å²) in [4.78, 5) is 4.06. The molecule has 78 valence electrons. The van der Waals surface area contributed by atoms with Crippen LogP contribution in [0.4, 0.5) is 0 Å². The Morgan fingerprint density at radius 1 is 1.43 bits per heavy atom. The molecule has 4 nitrogen and oxygen atoms in total. The van der Waals surface area contributed by atoms with Gasteiger partial charge in [0.2, 0.25) is 0 Å². The van der Waals surface area contributed by atoms with E-state index in [1.807, 2.05) is 0 Å². The van der Waals surface area contributed by atoms with Gasteiger partial charge in [-0.15, -0.1) is 0 Å². The lowest BCUT2D eigenvalue weighted by Gasteiger charge is -2.18. The highest BCUT2D eigenvalue weighted by Crippen LogP contribution is 2.25. The Hall–Kier alpha value is -1.13. The fourth-order valence-corrected chi connectivity index (χ4v) is 1.15. The standard InChI is InChI=1S/C10H15NO3/c1-7(13-2)10(12)9-8(14-3)5-4-6-11-9/h4-7,10,12H,1-3H3. The smallest absolute Gasteiger partial charge is 0.143 e. The van der Waals surface area contributed by atoms with Crippen LogP contribution in [0.1, 0.15) is 18.7 Å². The van der Waals surface area contributed by atoms with Gasteiger partial charge < -0.3 is 14.6 Å². The van der Waals surface area contributed by atoms with Gasteiger partial charge in [0.25, 0.3) is 0 Å². The van der Waals surface area contributed by atoms with E-state index in [1.54, 1.807) is 39.5 Å². The third kappa shape index (κ3) is 2.21. The van der Waals surface area contributed by atoms with E-state index in [9.17, 15) is 5.11 Å². The van der Waals surface area contributed by atoms with Crippen molar-refractivity contribution in [2.45, 2.75) is 19.1 Å². The highest BCUT2D eigenvalue weighted by atomic mass is 16.5. The number of aliphatic hydroxyl groups is 1. The van der Waals surface area contributed by atoms with Crippen molar-refractivity contribution in [2.24, 2.45) is 0 Å². The first-order valence-corrected chi connectivity index (χ1v) is 4.40. The number of ether oxygens (including phenoxy) is 2. The highest BCUT2D eigenvalue weighted by Gasteiger charge is 2.20. The van der Waals surface area contributed by atoms with Gasteiger partial charge in [-0.1, -0.05) is 0 Å². The second-order valence-electron chi connectivity index (χ2n) is 2.98. The summed E-state index contributed by atoms with van der Waals surface area (Å²) in [5.41, 5.74) is 0.504. The highest BCUT2D eigenvalue weighted by molar-refractivity contribution is 5.28. The Morgan fingerprint density at radius 3 is 2.71 bits per heavy atom. The van der Waals surface area contributed by atoms with Crippen molar-refractivity contribution in [3.8, 4) is 5.75 Å². The minimum absolute atomic E-state index is 0.307. The zero-order valence-corrected chi connectivity index (χ0v) is 8.60. The maximum Gasteiger partial charge on any atom is 0.143 e. The molecule has 0 spiro atoms. The van der Waals surface area contributed by atoms with Crippen LogP contribution in [0.15, 0.2) is 18.3 Å². The molecular weight excluding hydrogens is 182 g/mol. The van der Waals surface area contributed by atoms with Crippen molar-refractivity contribution in [1.29, 1.82) is 0 Å². The largest absolute Gasteiger partial charge is 0.495 e. The normalized spacial score (nSPS) is 14.9. The Kier molecular flexibility index (Phi) is 3.85. The predicted molar refractivity (Wildman–Crippen MR) is 52.2 cm³/mol. The molecule has 0 amide bonds. The number of aromatic nitrogens is 1. The maximum absolute atomic E-state index is 9.83. The molecule has 0 aromatic carbocycles. The fourth-order valence-electron chi connectivity index (χ4n) is 1.15. The monoisotopic (exact) mass is 197 g/mol. The van der Waals surface area contributed by atoms with Crippen LogP contribution < -0.4 is 4.74 Å². The van der Waals surface area contributed by atoms with Gasteiger partial charge in [-0.3, -0.25) is 4.98 Å². The summed E-state index contributed by atoms with van der Waals surface area (Å²) in [6.45, 7) is 1.78. The molecule has 0 saturated carbocycles. The maximum atomic E-state index is 9.83. The average molecular weight is 197 g/mol. The second-order valence-corrected chi connectivity index (χ2v) is 2.98. The molecule has 1 aromatic rings. The third-order valence-corrected chi connectivity index (χ3v) is 2.12. The van der Waals surface area contributed by atoms with Crippen LogP contribution in [-0.4, -0.2) is 30.4 Å². The third-order valence-electron chi connectivity index (χ3n) is 2.12. The molecule has 0 saturated heterocycles. The van der Waals surface area contributed by atoms with E-state index in [-0.39, 0.29) is 6.10 Å². The molecular formula is C10H15NO3. The number of hydrogen-bond acceptors (Lipinski definition) is 4. The minimum atomic E-state index is -0.767. The molecule has 1 aromatic heterocycles. The van der Waals surface area contributed by atoms with Gasteiger partial charge in [0.05, 0.1) is 13.2 Å². The lowest BCUT2D eigenvalue weighted by atomic mass is 10.1. The van der Waals surface area contributed by atoms with Crippen molar-refractivity contribution < 1.29 is 14.6 Å². The predicted octanol–water partition coefficient (Wildman–Crippen LogP) is 1.16. The van der Waals surface area contributed by atoms with Gasteiger partial charge in [0.1, 0.15) is 17.5 Å². The van der Waals surface area contributed by atoms with Crippen molar-refractivity contribution in [1.82, 2.24) is 4.98 Å². The van der Waals surface area contributed by atoms with E-state index in [0.717, 1.165) is 0 Å². The first kappa shape index (κ1) is 10.9. The first-order valence-electron chi connectivity index (χ1n) is 4.40. The van der Waals surface area contributed by atoms with Gasteiger partial charge in [-0.05, 0) is 19.1 Å². The molecule has 1 rings (SSSR count). The minimum Gasteiger partial charge on any atom is -0.495 e. The van der Waals surface area contributed by atoms with Gasteiger partial charge in [-0.25, -0.2) is 0 Å². The van der Waals surface area contributed by atoms with Crippen molar-refractivity contribution in [2.75, 3.05) is 14.2 Å². The Morgan fingerprint density at radius 2 is 2.14 bits per heavy atom. The van der Waals surface area contributed by atoms with E-state index in [1.165, 1.54) is 0 Å². The summed E-state index contributed by atoms with van der Waals surface area (Å²) in [6.07, 6.45) is 0.540. The molecule has 0 aliphatic carbocycles. The summed E-state index contributed by atoms with van der Waals surface area (Å²) in [5.74, 6) is 0.573. The van der Waals surface area contributed by atoms with Gasteiger partial charge in [-0.2, -0.15) is 0 Å². The van der Waals surface area contributed by atoms with Crippen LogP contribution in [0.5, 0.6) is 5.75 Å². The molecule has 4 heteroatoms. The van der Waals surface area contributed by atoms with Crippen LogP contribution >= 0.6 is 0 Å². The molecule has 0 radical (unpaired) electrons. The van der Waals surface area contributed by atoms with E-state index in [0.29, 0.717) is 11.4 Å². The molecule has 2 atom stereocenters. The number of rotatable bonds is 4. The molecule has 0 aliphatic rings. The topological polar surface area (TPSA) is 51.6 Å². The molecule has 2 unspecified atom stereocenters. The van der Waals surface area contributed by atoms with Crippen molar-refractivity contribution in [3.63, 3.8) is 0 Å². The van der Waals surface area contributed by atoms with Crippen LogP contribution in [0.25, 0.3) is 0 Å². The number of aliphatic hydroxyl groups excluding tert-OH is 1. The summed E-state index contributed by atoms with van der Waals surface area (Å²) < 4.78 is 10.1. The number of nitrogens with zero attached hydrogens (tertiary/aromatic N) is 1. The van der Waals surface area contributed by atoms with Crippen molar-refractivity contribution >= 4 is 0 Å². The van der Waals surface area contributed by atoms with Crippen LogP contribution in [-0.2, 0) is 4.74 Å². The Balaban J connectivity index is 2.93. The summed E-state index contributed by atoms with van der Waals surface area (Å²) in [5, 5.41) is 9.83. The summed E-state index contributed by atoms with van der Waals surface area (Å²) in [6, 6.07) is 3.51. The molecule has 0 bridgehead atoms. The quantitative estimate of drug-likeness (QED) is 0.786. The Labute approximate surface area is 83.5 Å². The molecule has 14 heavy (non-hydrogen) atoms. The average Bonchev–Trinajstić information content (AvgIpc) is 2.26. The Bertz CT molecular complexity index is 290. The van der Waals surface area contributed by atoms with E-state index < -0.39 is 6.10 Å². The SMILES string of the molecule is COc1cccnc1C(O)C(C)OC. The lowest BCUT2D eigenvalue weighted by molar-refractivity contribution is -0.00476. The van der Waals surface area contributed by atoms with E-state index >= 15 is 0 Å². The van der Waals surface area contributed by atoms with Crippen molar-refractivity contribution in [3.05, 3.63) is 24.0 Å². The van der Waals surface area contributed by atoms with Gasteiger partial charge >= 0.3 is 0 Å². The zero-order chi connectivity index (χ0) is 10.6. The molecule has 1 N–H and O–H groups in total. The molecule has 0 aliphatic heterocycles. The summed E-state index contributed by atoms with van der Waals surface area (Å²) in [7, 11) is 3.09. The fraction of sp³-hybridized carbons (Fsp3) is 0.500. The molecule has 1 heterocycles. The molecule has 0 fully saturated rings.